The average Bonchev–Trinajstić information content (AvgIpc) is 2.27. The fourth-order valence-electron chi connectivity index (χ4n) is 1.68. The van der Waals surface area contributed by atoms with Crippen LogP contribution < -0.4 is 15.2 Å². The normalized spacial score (nSPS) is 12.3. The molecule has 0 fully saturated rings. The van der Waals surface area contributed by atoms with Gasteiger partial charge in [0.05, 0.1) is 14.2 Å². The molecule has 3 nitrogen and oxygen atoms in total. The van der Waals surface area contributed by atoms with Crippen LogP contribution in [-0.2, 0) is 6.42 Å². The predicted molar refractivity (Wildman–Crippen MR) is 66.3 cm³/mol. The van der Waals surface area contributed by atoms with E-state index in [9.17, 15) is 0 Å². The molecule has 0 heterocycles. The van der Waals surface area contributed by atoms with E-state index in [4.69, 9.17) is 15.2 Å². The number of aryl methyl sites for hydroxylation is 1. The first kappa shape index (κ1) is 12.8. The number of rotatable bonds is 5. The Balaban J connectivity index is 2.93. The maximum absolute atomic E-state index is 5.75. The van der Waals surface area contributed by atoms with E-state index in [1.54, 1.807) is 14.2 Å². The predicted octanol–water partition coefficient (Wildman–Crippen LogP) is 2.29. The second-order valence-corrected chi connectivity index (χ2v) is 4.14. The minimum atomic E-state index is 0.221. The summed E-state index contributed by atoms with van der Waals surface area (Å²) in [5.41, 5.74) is 7.99. The number of methoxy groups -OCH3 is 2. The van der Waals surface area contributed by atoms with Gasteiger partial charge < -0.3 is 15.2 Å². The zero-order chi connectivity index (χ0) is 12.1. The zero-order valence-electron chi connectivity index (χ0n) is 10.5. The van der Waals surface area contributed by atoms with Crippen LogP contribution in [-0.4, -0.2) is 20.3 Å². The summed E-state index contributed by atoms with van der Waals surface area (Å²) in [6.07, 6.45) is 1.92. The van der Waals surface area contributed by atoms with Gasteiger partial charge in [0.25, 0.3) is 0 Å². The van der Waals surface area contributed by atoms with Crippen molar-refractivity contribution in [3.8, 4) is 11.5 Å². The van der Waals surface area contributed by atoms with Crippen LogP contribution in [0.1, 0.15) is 24.5 Å². The minimum Gasteiger partial charge on any atom is -0.496 e. The molecule has 90 valence electrons. The monoisotopic (exact) mass is 223 g/mol. The molecule has 0 aliphatic heterocycles. The van der Waals surface area contributed by atoms with E-state index in [-0.39, 0.29) is 6.04 Å². The van der Waals surface area contributed by atoms with Gasteiger partial charge >= 0.3 is 0 Å². The van der Waals surface area contributed by atoms with Gasteiger partial charge in [0, 0.05) is 11.6 Å². The van der Waals surface area contributed by atoms with Gasteiger partial charge in [-0.3, -0.25) is 0 Å². The summed E-state index contributed by atoms with van der Waals surface area (Å²) in [5.74, 6) is 1.75. The van der Waals surface area contributed by atoms with Gasteiger partial charge in [0.15, 0.2) is 0 Å². The number of ether oxygens (including phenoxy) is 2. The van der Waals surface area contributed by atoms with Crippen molar-refractivity contribution in [2.45, 2.75) is 32.7 Å². The van der Waals surface area contributed by atoms with E-state index in [2.05, 4.69) is 12.1 Å². The van der Waals surface area contributed by atoms with Crippen molar-refractivity contribution in [1.29, 1.82) is 0 Å². The Morgan fingerprint density at radius 2 is 1.69 bits per heavy atom. The summed E-state index contributed by atoms with van der Waals surface area (Å²) in [6, 6.07) is 4.33. The Hall–Kier alpha value is -1.22. The largest absolute Gasteiger partial charge is 0.496 e. The highest BCUT2D eigenvalue weighted by Crippen LogP contribution is 2.29. The SMILES string of the molecule is COc1cc(CCC(C)N)cc(OC)c1C. The lowest BCUT2D eigenvalue weighted by atomic mass is 10.0. The van der Waals surface area contributed by atoms with Crippen molar-refractivity contribution in [2.75, 3.05) is 14.2 Å². The number of nitrogens with two attached hydrogens (primary N) is 1. The first-order valence-electron chi connectivity index (χ1n) is 5.55. The molecule has 1 unspecified atom stereocenters. The molecular formula is C13H21NO2. The highest BCUT2D eigenvalue weighted by Gasteiger charge is 2.08. The van der Waals surface area contributed by atoms with E-state index in [1.165, 1.54) is 5.56 Å². The third-order valence-electron chi connectivity index (χ3n) is 2.70. The number of hydrogen-bond acceptors (Lipinski definition) is 3. The van der Waals surface area contributed by atoms with Crippen molar-refractivity contribution < 1.29 is 9.47 Å². The van der Waals surface area contributed by atoms with Crippen LogP contribution in [0, 0.1) is 6.92 Å². The summed E-state index contributed by atoms with van der Waals surface area (Å²) in [7, 11) is 3.36. The van der Waals surface area contributed by atoms with E-state index in [0.717, 1.165) is 29.9 Å². The molecule has 0 aliphatic carbocycles. The van der Waals surface area contributed by atoms with Crippen LogP contribution in [0.4, 0.5) is 0 Å². The van der Waals surface area contributed by atoms with Crippen molar-refractivity contribution in [1.82, 2.24) is 0 Å². The van der Waals surface area contributed by atoms with Crippen LogP contribution in [0.3, 0.4) is 0 Å². The Bertz CT molecular complexity index is 323. The second-order valence-electron chi connectivity index (χ2n) is 4.14. The maximum atomic E-state index is 5.75. The number of hydrogen-bond donors (Lipinski definition) is 1. The van der Waals surface area contributed by atoms with Gasteiger partial charge in [-0.2, -0.15) is 0 Å². The van der Waals surface area contributed by atoms with Crippen molar-refractivity contribution in [2.24, 2.45) is 5.73 Å². The molecule has 0 aliphatic rings. The molecule has 2 N–H and O–H groups in total. The number of benzene rings is 1. The topological polar surface area (TPSA) is 44.5 Å². The van der Waals surface area contributed by atoms with Crippen LogP contribution in [0.15, 0.2) is 12.1 Å². The van der Waals surface area contributed by atoms with Crippen molar-refractivity contribution in [3.05, 3.63) is 23.3 Å². The lowest BCUT2D eigenvalue weighted by molar-refractivity contribution is 0.387. The van der Waals surface area contributed by atoms with Gasteiger partial charge in [-0.25, -0.2) is 0 Å². The lowest BCUT2D eigenvalue weighted by Gasteiger charge is -2.13. The van der Waals surface area contributed by atoms with E-state index in [1.807, 2.05) is 13.8 Å². The van der Waals surface area contributed by atoms with E-state index >= 15 is 0 Å². The summed E-state index contributed by atoms with van der Waals surface area (Å²) in [6.45, 7) is 4.01. The van der Waals surface area contributed by atoms with Crippen LogP contribution in [0.25, 0.3) is 0 Å². The van der Waals surface area contributed by atoms with Gasteiger partial charge in [-0.15, -0.1) is 0 Å². The Labute approximate surface area is 97.6 Å². The second kappa shape index (κ2) is 5.75. The summed E-state index contributed by atoms with van der Waals surface area (Å²) in [5, 5.41) is 0. The summed E-state index contributed by atoms with van der Waals surface area (Å²) < 4.78 is 10.6. The highest BCUT2D eigenvalue weighted by atomic mass is 16.5. The smallest absolute Gasteiger partial charge is 0.125 e. The van der Waals surface area contributed by atoms with Gasteiger partial charge in [0.1, 0.15) is 11.5 Å². The highest BCUT2D eigenvalue weighted by molar-refractivity contribution is 5.47. The van der Waals surface area contributed by atoms with Gasteiger partial charge in [-0.05, 0) is 44.4 Å². The van der Waals surface area contributed by atoms with Crippen LogP contribution in [0.5, 0.6) is 11.5 Å². The molecule has 16 heavy (non-hydrogen) atoms. The molecule has 0 spiro atoms. The fourth-order valence-corrected chi connectivity index (χ4v) is 1.68. The zero-order valence-corrected chi connectivity index (χ0v) is 10.5. The Morgan fingerprint density at radius 1 is 1.19 bits per heavy atom. The summed E-state index contributed by atoms with van der Waals surface area (Å²) in [4.78, 5) is 0. The molecule has 0 amide bonds. The van der Waals surface area contributed by atoms with E-state index in [0.29, 0.717) is 0 Å². The van der Waals surface area contributed by atoms with Crippen LogP contribution >= 0.6 is 0 Å². The third kappa shape index (κ3) is 3.14. The fraction of sp³-hybridized carbons (Fsp3) is 0.538. The first-order valence-corrected chi connectivity index (χ1v) is 5.55. The molecule has 1 aromatic rings. The molecule has 3 heteroatoms. The first-order chi connectivity index (χ1) is 7.58. The Morgan fingerprint density at radius 3 is 2.06 bits per heavy atom. The molecule has 0 radical (unpaired) electrons. The molecule has 1 rings (SSSR count). The van der Waals surface area contributed by atoms with Gasteiger partial charge in [-0.1, -0.05) is 0 Å². The molecular weight excluding hydrogens is 202 g/mol. The van der Waals surface area contributed by atoms with Crippen molar-refractivity contribution in [3.63, 3.8) is 0 Å². The maximum Gasteiger partial charge on any atom is 0.125 e. The molecule has 1 aromatic carbocycles. The third-order valence-corrected chi connectivity index (χ3v) is 2.70. The molecule has 0 saturated carbocycles. The minimum absolute atomic E-state index is 0.221. The molecule has 1 atom stereocenters. The lowest BCUT2D eigenvalue weighted by Crippen LogP contribution is -2.15. The molecule has 0 saturated heterocycles. The van der Waals surface area contributed by atoms with Crippen LogP contribution in [0.2, 0.25) is 0 Å². The van der Waals surface area contributed by atoms with E-state index < -0.39 is 0 Å². The average molecular weight is 223 g/mol. The Kier molecular flexibility index (Phi) is 4.62. The molecule has 0 bridgehead atoms. The standard InChI is InChI=1S/C13H21NO2/c1-9(14)5-6-11-7-12(15-3)10(2)13(8-11)16-4/h7-9H,5-6,14H2,1-4H3. The summed E-state index contributed by atoms with van der Waals surface area (Å²) >= 11 is 0. The quantitative estimate of drug-likeness (QED) is 0.833. The molecule has 0 aromatic heterocycles. The van der Waals surface area contributed by atoms with Gasteiger partial charge in [0.2, 0.25) is 0 Å². The van der Waals surface area contributed by atoms with Crippen molar-refractivity contribution >= 4 is 0 Å².